The molecule has 0 bridgehead atoms. The molecule has 0 radical (unpaired) electrons. The smallest absolute Gasteiger partial charge is 0.235 e. The fourth-order valence-corrected chi connectivity index (χ4v) is 3.86. The molecule has 2 atom stereocenters. The molecule has 1 unspecified atom stereocenters. The second-order valence-corrected chi connectivity index (χ2v) is 6.45. The van der Waals surface area contributed by atoms with Crippen molar-refractivity contribution in [1.82, 2.24) is 20.4 Å². The topological polar surface area (TPSA) is 76.0 Å². The number of amides is 2. The Bertz CT molecular complexity index is 789. The van der Waals surface area contributed by atoms with Crippen LogP contribution in [0.15, 0.2) is 18.2 Å². The molecule has 2 saturated heterocycles. The number of aryl methyl sites for hydroxylation is 1. The number of carbonyl (C=O) groups is 2. The summed E-state index contributed by atoms with van der Waals surface area (Å²) >= 11 is 0. The van der Waals surface area contributed by atoms with Crippen LogP contribution < -0.4 is 10.6 Å². The van der Waals surface area contributed by atoms with E-state index in [9.17, 15) is 9.59 Å². The maximum Gasteiger partial charge on any atom is 0.235 e. The van der Waals surface area contributed by atoms with E-state index in [0.29, 0.717) is 18.8 Å². The van der Waals surface area contributed by atoms with E-state index < -0.39 is 0 Å². The zero-order valence-electron chi connectivity index (χ0n) is 13.1. The Morgan fingerprint density at radius 1 is 1.26 bits per heavy atom. The fourth-order valence-electron chi connectivity index (χ4n) is 3.86. The van der Waals surface area contributed by atoms with Crippen LogP contribution in [-0.4, -0.2) is 34.7 Å². The molecule has 0 saturated carbocycles. The molecule has 6 heteroatoms. The quantitative estimate of drug-likeness (QED) is 0.816. The molecule has 23 heavy (non-hydrogen) atoms. The molecule has 2 fully saturated rings. The highest BCUT2D eigenvalue weighted by Gasteiger charge is 2.32. The largest absolute Gasteiger partial charge is 0.316 e. The first kappa shape index (κ1) is 14.4. The van der Waals surface area contributed by atoms with Crippen LogP contribution in [0.2, 0.25) is 0 Å². The van der Waals surface area contributed by atoms with E-state index in [1.807, 2.05) is 23.9 Å². The van der Waals surface area contributed by atoms with Crippen molar-refractivity contribution in [3.63, 3.8) is 0 Å². The molecule has 1 aromatic heterocycles. The van der Waals surface area contributed by atoms with Gasteiger partial charge in [-0.3, -0.25) is 19.6 Å². The number of fused-ring (bicyclic) bond motifs is 1. The van der Waals surface area contributed by atoms with Crippen LogP contribution in [0.4, 0.5) is 0 Å². The zero-order valence-corrected chi connectivity index (χ0v) is 13.1. The lowest BCUT2D eigenvalue weighted by Gasteiger charge is -2.19. The van der Waals surface area contributed by atoms with Gasteiger partial charge in [0.25, 0.3) is 0 Å². The van der Waals surface area contributed by atoms with Gasteiger partial charge in [0.2, 0.25) is 11.8 Å². The van der Waals surface area contributed by atoms with Crippen LogP contribution in [0.1, 0.15) is 42.4 Å². The first-order valence-corrected chi connectivity index (χ1v) is 8.15. The fraction of sp³-hybridized carbons (Fsp3) is 0.471. The molecule has 0 spiro atoms. The standard InChI is InChI=1S/C17H20N4O2/c1-21-16-11(10-7-8-18-9-10)3-2-4-12(16)15(20-21)13-5-6-14(22)19-17(13)23/h2-4,10,13,18H,5-9H2,1H3,(H,19,22,23)/t10-,13?/m0/s1. The number of para-hydroxylation sites is 1. The van der Waals surface area contributed by atoms with Gasteiger partial charge < -0.3 is 5.32 Å². The predicted octanol–water partition coefficient (Wildman–Crippen LogP) is 1.17. The van der Waals surface area contributed by atoms with E-state index in [1.165, 1.54) is 5.56 Å². The number of nitrogens with zero attached hydrogens (tertiary/aromatic N) is 2. The lowest BCUT2D eigenvalue weighted by molar-refractivity contribution is -0.134. The molecular formula is C17H20N4O2. The molecule has 120 valence electrons. The monoisotopic (exact) mass is 312 g/mol. The molecule has 4 rings (SSSR count). The summed E-state index contributed by atoms with van der Waals surface area (Å²) in [6.07, 6.45) is 2.03. The normalized spacial score (nSPS) is 25.1. The summed E-state index contributed by atoms with van der Waals surface area (Å²) in [6, 6.07) is 6.25. The maximum atomic E-state index is 12.2. The van der Waals surface area contributed by atoms with Crippen LogP contribution in [0.3, 0.4) is 0 Å². The summed E-state index contributed by atoms with van der Waals surface area (Å²) in [5.41, 5.74) is 3.20. The van der Waals surface area contributed by atoms with Crippen molar-refractivity contribution in [1.29, 1.82) is 0 Å². The van der Waals surface area contributed by atoms with Gasteiger partial charge in [0.1, 0.15) is 0 Å². The van der Waals surface area contributed by atoms with E-state index >= 15 is 0 Å². The molecule has 3 heterocycles. The Hall–Kier alpha value is -2.21. The third-order valence-electron chi connectivity index (χ3n) is 4.99. The molecule has 2 aliphatic rings. The Balaban J connectivity index is 1.81. The van der Waals surface area contributed by atoms with Gasteiger partial charge in [-0.25, -0.2) is 0 Å². The lowest BCUT2D eigenvalue weighted by atomic mass is 9.90. The molecule has 6 nitrogen and oxygen atoms in total. The van der Waals surface area contributed by atoms with Gasteiger partial charge in [0.15, 0.2) is 0 Å². The zero-order chi connectivity index (χ0) is 16.0. The number of hydrogen-bond donors (Lipinski definition) is 2. The first-order valence-electron chi connectivity index (χ1n) is 8.15. The van der Waals surface area contributed by atoms with Crippen molar-refractivity contribution in [2.24, 2.45) is 7.05 Å². The average Bonchev–Trinajstić information content (AvgIpc) is 3.16. The maximum absolute atomic E-state index is 12.2. The lowest BCUT2D eigenvalue weighted by Crippen LogP contribution is -2.39. The third-order valence-corrected chi connectivity index (χ3v) is 4.99. The summed E-state index contributed by atoms with van der Waals surface area (Å²) in [6.45, 7) is 2.02. The minimum absolute atomic E-state index is 0.191. The Labute approximate surface area is 134 Å². The molecular weight excluding hydrogens is 292 g/mol. The predicted molar refractivity (Wildman–Crippen MR) is 86.1 cm³/mol. The number of rotatable bonds is 2. The third kappa shape index (κ3) is 2.34. The summed E-state index contributed by atoms with van der Waals surface area (Å²) in [4.78, 5) is 23.6. The molecule has 2 N–H and O–H groups in total. The van der Waals surface area contributed by atoms with Crippen LogP contribution in [0.5, 0.6) is 0 Å². The van der Waals surface area contributed by atoms with Gasteiger partial charge in [0, 0.05) is 25.4 Å². The molecule has 2 amide bonds. The van der Waals surface area contributed by atoms with Crippen molar-refractivity contribution in [3.8, 4) is 0 Å². The van der Waals surface area contributed by atoms with E-state index in [-0.39, 0.29) is 17.7 Å². The number of hydrogen-bond acceptors (Lipinski definition) is 4. The highest BCUT2D eigenvalue weighted by atomic mass is 16.2. The summed E-state index contributed by atoms with van der Waals surface area (Å²) < 4.78 is 1.89. The Kier molecular flexibility index (Phi) is 3.41. The van der Waals surface area contributed by atoms with Gasteiger partial charge in [0.05, 0.1) is 17.1 Å². The number of nitrogens with one attached hydrogen (secondary N) is 2. The number of piperidine rings is 1. The van der Waals surface area contributed by atoms with Crippen LogP contribution >= 0.6 is 0 Å². The Morgan fingerprint density at radius 3 is 2.87 bits per heavy atom. The van der Waals surface area contributed by atoms with Gasteiger partial charge in [-0.15, -0.1) is 0 Å². The number of aromatic nitrogens is 2. The van der Waals surface area contributed by atoms with E-state index in [4.69, 9.17) is 0 Å². The van der Waals surface area contributed by atoms with Gasteiger partial charge >= 0.3 is 0 Å². The van der Waals surface area contributed by atoms with Gasteiger partial charge in [-0.1, -0.05) is 18.2 Å². The first-order chi connectivity index (χ1) is 11.1. The van der Waals surface area contributed by atoms with Crippen LogP contribution in [0.25, 0.3) is 10.9 Å². The summed E-state index contributed by atoms with van der Waals surface area (Å²) in [5, 5.41) is 11.5. The number of imide groups is 1. The highest BCUT2D eigenvalue weighted by Crippen LogP contribution is 2.35. The highest BCUT2D eigenvalue weighted by molar-refractivity contribution is 6.02. The van der Waals surface area contributed by atoms with Crippen LogP contribution in [0, 0.1) is 0 Å². The molecule has 1 aromatic carbocycles. The van der Waals surface area contributed by atoms with Crippen molar-refractivity contribution >= 4 is 22.7 Å². The van der Waals surface area contributed by atoms with Gasteiger partial charge in [-0.05, 0) is 30.9 Å². The second-order valence-electron chi connectivity index (χ2n) is 6.45. The molecule has 0 aliphatic carbocycles. The van der Waals surface area contributed by atoms with Crippen molar-refractivity contribution in [2.45, 2.75) is 31.1 Å². The minimum Gasteiger partial charge on any atom is -0.316 e. The number of carbonyl (C=O) groups excluding carboxylic acids is 2. The molecule has 2 aliphatic heterocycles. The van der Waals surface area contributed by atoms with Gasteiger partial charge in [-0.2, -0.15) is 5.10 Å². The SMILES string of the molecule is Cn1nc(C2CCC(=O)NC2=O)c2cccc([C@H]3CCNC3)c21. The minimum atomic E-state index is -0.339. The summed E-state index contributed by atoms with van der Waals surface area (Å²) in [5.74, 6) is -0.268. The second kappa shape index (κ2) is 5.45. The van der Waals surface area contributed by atoms with Crippen LogP contribution in [-0.2, 0) is 16.6 Å². The average molecular weight is 312 g/mol. The Morgan fingerprint density at radius 2 is 2.13 bits per heavy atom. The molecule has 2 aromatic rings. The van der Waals surface area contributed by atoms with Crippen molar-refractivity contribution in [2.75, 3.05) is 13.1 Å². The van der Waals surface area contributed by atoms with E-state index in [1.54, 1.807) is 0 Å². The van der Waals surface area contributed by atoms with Crippen molar-refractivity contribution in [3.05, 3.63) is 29.5 Å². The van der Waals surface area contributed by atoms with Crippen molar-refractivity contribution < 1.29 is 9.59 Å². The summed E-state index contributed by atoms with van der Waals surface area (Å²) in [7, 11) is 1.93. The van der Waals surface area contributed by atoms with E-state index in [0.717, 1.165) is 36.1 Å². The number of benzene rings is 1. The van der Waals surface area contributed by atoms with E-state index in [2.05, 4.69) is 21.8 Å².